The molecule has 248 valence electrons. The second-order valence-corrected chi connectivity index (χ2v) is 23.1. The number of fused-ring (bicyclic) bond motifs is 2. The van der Waals surface area contributed by atoms with Crippen LogP contribution >= 0.6 is 0 Å². The van der Waals surface area contributed by atoms with Gasteiger partial charge >= 0.3 is 0 Å². The van der Waals surface area contributed by atoms with Crippen molar-refractivity contribution in [2.24, 2.45) is 166 Å². The monoisotopic (exact) mass is 617 g/mol. The third-order valence-electron chi connectivity index (χ3n) is 23.6. The molecule has 0 saturated heterocycles. The maximum absolute atomic E-state index is 1.76. The van der Waals surface area contributed by atoms with Gasteiger partial charge in [0.15, 0.2) is 0 Å². The molecule has 0 heteroatoms. The third-order valence-corrected chi connectivity index (χ3v) is 23.6. The van der Waals surface area contributed by atoms with Crippen molar-refractivity contribution in [2.45, 2.75) is 116 Å². The normalized spacial score (nSPS) is 75.1. The lowest BCUT2D eigenvalue weighted by molar-refractivity contribution is -0.358. The second kappa shape index (κ2) is 8.37. The van der Waals surface area contributed by atoms with Crippen LogP contribution in [0.15, 0.2) is 0 Å². The van der Waals surface area contributed by atoms with E-state index in [1.165, 1.54) is 166 Å². The zero-order valence-corrected chi connectivity index (χ0v) is 28.9. The van der Waals surface area contributed by atoms with Gasteiger partial charge < -0.3 is 0 Å². The van der Waals surface area contributed by atoms with Crippen molar-refractivity contribution < 1.29 is 0 Å². The predicted octanol–water partition coefficient (Wildman–Crippen LogP) is 10.5. The highest BCUT2D eigenvalue weighted by Crippen LogP contribution is 2.85. The molecule has 0 N–H and O–H groups in total. The van der Waals surface area contributed by atoms with Gasteiger partial charge in [-0.2, -0.15) is 0 Å². The largest absolute Gasteiger partial charge is 0.0528 e. The summed E-state index contributed by atoms with van der Waals surface area (Å²) in [7, 11) is 0. The molecule has 0 spiro atoms. The van der Waals surface area contributed by atoms with E-state index in [4.69, 9.17) is 0 Å². The quantitative estimate of drug-likeness (QED) is 0.254. The van der Waals surface area contributed by atoms with Gasteiger partial charge in [0.25, 0.3) is 0 Å². The maximum Gasteiger partial charge on any atom is -0.0312 e. The topological polar surface area (TPSA) is 0 Å². The zero-order chi connectivity index (χ0) is 28.9. The SMILES string of the molecule is C1CC2CC3CCC4C5CCCC6C7CCC8CCC9CCC%10CC%11CC%12CC(C1)C2C1C3C4C2C(C%121)C%11C1C%10C9C8C7C1C2C65. The van der Waals surface area contributed by atoms with Crippen LogP contribution < -0.4 is 0 Å². The predicted molar refractivity (Wildman–Crippen MR) is 181 cm³/mol. The van der Waals surface area contributed by atoms with E-state index in [1.54, 1.807) is 116 Å². The van der Waals surface area contributed by atoms with Crippen molar-refractivity contribution in [2.75, 3.05) is 0 Å². The molecule has 15 saturated carbocycles. The van der Waals surface area contributed by atoms with E-state index < -0.39 is 0 Å². The number of rotatable bonds is 0. The Labute approximate surface area is 280 Å². The Balaban J connectivity index is 0.998. The molecule has 0 heterocycles. The summed E-state index contributed by atoms with van der Waals surface area (Å²) in [4.78, 5) is 0. The standard InChI is InChI=1S/C46H64/c1-3-21-15-24-12-14-30-28-6-2-5-27-29-13-11-20-8-7-19-9-10-23-17-26-18-25-16-22(4-1)31(21)41-35(24)40(30)46-43(36(25)41)37(26)42-34(23)32(19)33(20)39(29)45(42)44(46)38(27)28/h19-46H,1-18H2. The van der Waals surface area contributed by atoms with Crippen molar-refractivity contribution in [3.63, 3.8) is 0 Å². The fraction of sp³-hybridized carbons (Fsp3) is 1.00. The second-order valence-electron chi connectivity index (χ2n) is 23.1. The first-order valence-corrected chi connectivity index (χ1v) is 22.8. The van der Waals surface area contributed by atoms with E-state index in [0.717, 1.165) is 0 Å². The van der Waals surface area contributed by atoms with Crippen molar-refractivity contribution >= 4 is 0 Å². The average molecular weight is 617 g/mol. The Morgan fingerprint density at radius 1 is 0.174 bits per heavy atom. The van der Waals surface area contributed by atoms with Crippen LogP contribution in [-0.2, 0) is 0 Å². The van der Waals surface area contributed by atoms with Crippen LogP contribution in [0.1, 0.15) is 116 Å². The molecule has 0 bridgehead atoms. The summed E-state index contributed by atoms with van der Waals surface area (Å²) in [5.74, 6) is 33.9. The van der Waals surface area contributed by atoms with Gasteiger partial charge in [0.05, 0.1) is 0 Å². The highest BCUT2D eigenvalue weighted by Gasteiger charge is 2.80. The molecule has 0 nitrogen and oxygen atoms in total. The number of hydrogen-bond acceptors (Lipinski definition) is 0. The van der Waals surface area contributed by atoms with Crippen LogP contribution in [0.3, 0.4) is 0 Å². The number of hydrogen-bond donors (Lipinski definition) is 0. The third kappa shape index (κ3) is 2.63. The van der Waals surface area contributed by atoms with Crippen molar-refractivity contribution in [3.05, 3.63) is 0 Å². The van der Waals surface area contributed by atoms with Gasteiger partial charge in [0.1, 0.15) is 0 Å². The van der Waals surface area contributed by atoms with Crippen LogP contribution in [0, 0.1) is 166 Å². The molecule has 15 aliphatic carbocycles. The fourth-order valence-electron chi connectivity index (χ4n) is 24.5. The lowest BCUT2D eigenvalue weighted by Gasteiger charge is -2.83. The van der Waals surface area contributed by atoms with Crippen molar-refractivity contribution in [1.29, 1.82) is 0 Å². The van der Waals surface area contributed by atoms with Crippen molar-refractivity contribution in [1.82, 2.24) is 0 Å². The highest BCUT2D eigenvalue weighted by molar-refractivity contribution is 5.27. The molecular weight excluding hydrogens is 553 g/mol. The maximum atomic E-state index is 1.76. The molecule has 46 heavy (non-hydrogen) atoms. The molecule has 15 fully saturated rings. The molecule has 0 aliphatic heterocycles. The zero-order valence-electron chi connectivity index (χ0n) is 28.9. The first-order valence-electron chi connectivity index (χ1n) is 22.8. The van der Waals surface area contributed by atoms with Crippen LogP contribution in [0.25, 0.3) is 0 Å². The summed E-state index contributed by atoms with van der Waals surface area (Å²) in [6.45, 7) is 0. The Morgan fingerprint density at radius 3 is 1.15 bits per heavy atom. The van der Waals surface area contributed by atoms with Gasteiger partial charge in [0.2, 0.25) is 0 Å². The Morgan fingerprint density at radius 2 is 0.500 bits per heavy atom. The molecule has 0 amide bonds. The first kappa shape index (κ1) is 25.9. The molecule has 0 aromatic rings. The molecule has 28 atom stereocenters. The minimum absolute atomic E-state index is 1.17. The lowest BCUT2D eigenvalue weighted by atomic mass is 9.21. The highest BCUT2D eigenvalue weighted by atomic mass is 14.8. The van der Waals surface area contributed by atoms with Gasteiger partial charge in [0, 0.05) is 0 Å². The van der Waals surface area contributed by atoms with Crippen LogP contribution in [0.5, 0.6) is 0 Å². The van der Waals surface area contributed by atoms with Gasteiger partial charge in [-0.1, -0.05) is 25.7 Å². The molecule has 15 aliphatic rings. The summed E-state index contributed by atoms with van der Waals surface area (Å²) in [6, 6.07) is 0. The van der Waals surface area contributed by atoms with Gasteiger partial charge in [-0.15, -0.1) is 0 Å². The molecular formula is C46H64. The van der Waals surface area contributed by atoms with Gasteiger partial charge in [-0.05, 0) is 256 Å². The van der Waals surface area contributed by atoms with Gasteiger partial charge in [-0.3, -0.25) is 0 Å². The van der Waals surface area contributed by atoms with Crippen LogP contribution in [-0.4, -0.2) is 0 Å². The Hall–Kier alpha value is 0. The summed E-state index contributed by atoms with van der Waals surface area (Å²) in [5.41, 5.74) is 0. The molecule has 28 unspecified atom stereocenters. The van der Waals surface area contributed by atoms with Gasteiger partial charge in [-0.25, -0.2) is 0 Å². The van der Waals surface area contributed by atoms with E-state index in [1.807, 2.05) is 0 Å². The van der Waals surface area contributed by atoms with E-state index in [9.17, 15) is 0 Å². The molecule has 0 radical (unpaired) electrons. The lowest BCUT2D eigenvalue weighted by Crippen LogP contribution is -2.79. The summed E-state index contributed by atoms with van der Waals surface area (Å²) >= 11 is 0. The molecule has 0 aromatic heterocycles. The Bertz CT molecular complexity index is 1360. The van der Waals surface area contributed by atoms with Crippen molar-refractivity contribution in [3.8, 4) is 0 Å². The smallest absolute Gasteiger partial charge is 0.0312 e. The molecule has 15 rings (SSSR count). The van der Waals surface area contributed by atoms with E-state index in [2.05, 4.69) is 0 Å². The summed E-state index contributed by atoms with van der Waals surface area (Å²) in [5, 5.41) is 0. The molecule has 0 aromatic carbocycles. The van der Waals surface area contributed by atoms with Crippen LogP contribution in [0.4, 0.5) is 0 Å². The first-order chi connectivity index (χ1) is 22.8. The summed E-state index contributed by atoms with van der Waals surface area (Å²) in [6.07, 6.45) is 30.5. The summed E-state index contributed by atoms with van der Waals surface area (Å²) < 4.78 is 0. The minimum Gasteiger partial charge on any atom is -0.0528 e. The fourth-order valence-corrected chi connectivity index (χ4v) is 24.5. The van der Waals surface area contributed by atoms with E-state index in [-0.39, 0.29) is 0 Å². The van der Waals surface area contributed by atoms with E-state index in [0.29, 0.717) is 0 Å². The Kier molecular flexibility index (Phi) is 4.71. The minimum atomic E-state index is 1.17. The average Bonchev–Trinajstić information content (AvgIpc) is 3.10. The van der Waals surface area contributed by atoms with Crippen LogP contribution in [0.2, 0.25) is 0 Å². The van der Waals surface area contributed by atoms with E-state index >= 15 is 0 Å².